The van der Waals surface area contributed by atoms with Crippen LogP contribution in [0.25, 0.3) is 0 Å². The zero-order valence-electron chi connectivity index (χ0n) is 10.4. The molecule has 0 aliphatic heterocycles. The van der Waals surface area contributed by atoms with Gasteiger partial charge in [0.05, 0.1) is 17.2 Å². The van der Waals surface area contributed by atoms with Crippen molar-refractivity contribution in [3.63, 3.8) is 0 Å². The van der Waals surface area contributed by atoms with Gasteiger partial charge in [-0.25, -0.2) is 0 Å². The first kappa shape index (κ1) is 12.7. The molecule has 0 fully saturated rings. The molecule has 0 radical (unpaired) electrons. The lowest BCUT2D eigenvalue weighted by atomic mass is 10.3. The minimum atomic E-state index is -0.636. The maximum atomic E-state index is 11.9. The monoisotopic (exact) mass is 264 g/mol. The first-order chi connectivity index (χ1) is 8.99. The van der Waals surface area contributed by atoms with Gasteiger partial charge < -0.3 is 5.32 Å². The van der Waals surface area contributed by atoms with Crippen LogP contribution in [-0.2, 0) is 20.6 Å². The maximum absolute atomic E-state index is 11.9. The lowest BCUT2D eigenvalue weighted by Crippen LogP contribution is -2.26. The highest BCUT2D eigenvalue weighted by molar-refractivity contribution is 5.96. The summed E-state index contributed by atoms with van der Waals surface area (Å²) in [4.78, 5) is 22.1. The number of hydrogen-bond donors (Lipinski definition) is 1. The average molecular weight is 264 g/mol. The fourth-order valence-corrected chi connectivity index (χ4v) is 1.63. The number of carbonyl (C=O) groups is 1. The third-order valence-electron chi connectivity index (χ3n) is 2.53. The van der Waals surface area contributed by atoms with Gasteiger partial charge in [-0.15, -0.1) is 0 Å². The van der Waals surface area contributed by atoms with Gasteiger partial charge in [0.2, 0.25) is 5.69 Å². The molecule has 0 saturated heterocycles. The van der Waals surface area contributed by atoms with Crippen LogP contribution in [0, 0.1) is 10.1 Å². The van der Waals surface area contributed by atoms with Crippen molar-refractivity contribution in [2.45, 2.75) is 6.54 Å². The van der Waals surface area contributed by atoms with E-state index in [-0.39, 0.29) is 17.9 Å². The lowest BCUT2D eigenvalue weighted by molar-refractivity contribution is -0.385. The minimum absolute atomic E-state index is 0.0825. The van der Waals surface area contributed by atoms with Crippen molar-refractivity contribution in [1.29, 1.82) is 0 Å². The first-order valence-corrected chi connectivity index (χ1v) is 5.42. The Bertz CT molecular complexity index is 629. The first-order valence-electron chi connectivity index (χ1n) is 5.42. The van der Waals surface area contributed by atoms with Gasteiger partial charge in [-0.05, 0) is 6.07 Å². The van der Waals surface area contributed by atoms with Crippen molar-refractivity contribution >= 4 is 11.6 Å². The van der Waals surface area contributed by atoms with Crippen molar-refractivity contribution in [3.05, 3.63) is 40.0 Å². The van der Waals surface area contributed by atoms with Gasteiger partial charge in [-0.3, -0.25) is 24.3 Å². The number of rotatable bonds is 4. The van der Waals surface area contributed by atoms with E-state index in [4.69, 9.17) is 0 Å². The number of nitro groups is 1. The molecule has 2 aromatic heterocycles. The van der Waals surface area contributed by atoms with Gasteiger partial charge in [-0.2, -0.15) is 10.2 Å². The molecule has 2 heterocycles. The number of nitrogens with zero attached hydrogens (tertiary/aromatic N) is 5. The Hall–Kier alpha value is -2.71. The van der Waals surface area contributed by atoms with Crippen LogP contribution < -0.4 is 5.32 Å². The molecule has 2 aromatic rings. The van der Waals surface area contributed by atoms with Gasteiger partial charge in [-0.1, -0.05) is 0 Å². The molecule has 0 saturated carbocycles. The highest BCUT2D eigenvalue weighted by Crippen LogP contribution is 2.16. The summed E-state index contributed by atoms with van der Waals surface area (Å²) in [5.74, 6) is -0.558. The summed E-state index contributed by atoms with van der Waals surface area (Å²) in [5, 5.41) is 21.1. The maximum Gasteiger partial charge on any atom is 0.320 e. The summed E-state index contributed by atoms with van der Waals surface area (Å²) in [7, 11) is 3.24. The van der Waals surface area contributed by atoms with Crippen LogP contribution in [0.15, 0.2) is 18.5 Å². The van der Waals surface area contributed by atoms with E-state index in [1.54, 1.807) is 24.0 Å². The standard InChI is InChI=1S/C10H12N6O3/c1-14-4-3-7(13-14)5-11-10(17)9-8(16(18)19)6-12-15(9)2/h3-4,6H,5H2,1-2H3,(H,11,17). The molecule has 2 rings (SSSR count). The number of carbonyl (C=O) groups excluding carboxylic acids is 1. The van der Waals surface area contributed by atoms with Crippen LogP contribution in [0.3, 0.4) is 0 Å². The molecule has 9 nitrogen and oxygen atoms in total. The van der Waals surface area contributed by atoms with Crippen LogP contribution in [0.4, 0.5) is 5.69 Å². The second kappa shape index (κ2) is 4.88. The third kappa shape index (κ3) is 2.59. The summed E-state index contributed by atoms with van der Waals surface area (Å²) >= 11 is 0. The quantitative estimate of drug-likeness (QED) is 0.617. The van der Waals surface area contributed by atoms with E-state index in [1.807, 2.05) is 0 Å². The minimum Gasteiger partial charge on any atom is -0.345 e. The Morgan fingerprint density at radius 1 is 1.53 bits per heavy atom. The Morgan fingerprint density at radius 3 is 2.84 bits per heavy atom. The van der Waals surface area contributed by atoms with E-state index in [0.717, 1.165) is 6.20 Å². The summed E-state index contributed by atoms with van der Waals surface area (Å²) in [5.41, 5.74) is 0.266. The summed E-state index contributed by atoms with van der Waals surface area (Å²) in [6.45, 7) is 0.196. The Labute approximate surface area is 108 Å². The van der Waals surface area contributed by atoms with E-state index in [0.29, 0.717) is 5.69 Å². The van der Waals surface area contributed by atoms with Gasteiger partial charge >= 0.3 is 5.69 Å². The Balaban J connectivity index is 2.12. The molecule has 0 aliphatic carbocycles. The highest BCUT2D eigenvalue weighted by Gasteiger charge is 2.25. The van der Waals surface area contributed by atoms with Crippen LogP contribution >= 0.6 is 0 Å². The summed E-state index contributed by atoms with van der Waals surface area (Å²) < 4.78 is 2.78. The predicted molar refractivity (Wildman–Crippen MR) is 64.2 cm³/mol. The van der Waals surface area contributed by atoms with Crippen molar-refractivity contribution in [3.8, 4) is 0 Å². The molecular formula is C10H12N6O3. The fraction of sp³-hybridized carbons (Fsp3) is 0.300. The molecular weight excluding hydrogens is 252 g/mol. The van der Waals surface area contributed by atoms with Gasteiger partial charge in [0, 0.05) is 20.3 Å². The Morgan fingerprint density at radius 2 is 2.26 bits per heavy atom. The smallest absolute Gasteiger partial charge is 0.320 e. The molecule has 1 N–H and O–H groups in total. The fourth-order valence-electron chi connectivity index (χ4n) is 1.63. The molecule has 0 unspecified atom stereocenters. The van der Waals surface area contributed by atoms with Crippen LogP contribution in [0.1, 0.15) is 16.2 Å². The van der Waals surface area contributed by atoms with Crippen LogP contribution in [0.2, 0.25) is 0 Å². The van der Waals surface area contributed by atoms with Crippen LogP contribution in [-0.4, -0.2) is 30.4 Å². The van der Waals surface area contributed by atoms with E-state index in [1.165, 1.54) is 11.7 Å². The second-order valence-corrected chi connectivity index (χ2v) is 3.92. The van der Waals surface area contributed by atoms with E-state index < -0.39 is 10.8 Å². The third-order valence-corrected chi connectivity index (χ3v) is 2.53. The number of aryl methyl sites for hydroxylation is 2. The van der Waals surface area contributed by atoms with Crippen molar-refractivity contribution in [1.82, 2.24) is 24.9 Å². The van der Waals surface area contributed by atoms with Crippen molar-refractivity contribution < 1.29 is 9.72 Å². The molecule has 0 atom stereocenters. The molecule has 1 amide bonds. The zero-order valence-corrected chi connectivity index (χ0v) is 10.4. The SMILES string of the molecule is Cn1ccc(CNC(=O)c2c([N+](=O)[O-])cnn2C)n1. The number of nitrogens with one attached hydrogen (secondary N) is 1. The second-order valence-electron chi connectivity index (χ2n) is 3.92. The topological polar surface area (TPSA) is 108 Å². The average Bonchev–Trinajstić information content (AvgIpc) is 2.92. The number of hydrogen-bond acceptors (Lipinski definition) is 5. The zero-order chi connectivity index (χ0) is 14.0. The van der Waals surface area contributed by atoms with Crippen molar-refractivity contribution in [2.75, 3.05) is 0 Å². The summed E-state index contributed by atoms with van der Waals surface area (Å²) in [6, 6.07) is 1.75. The molecule has 0 aromatic carbocycles. The number of amides is 1. The molecule has 0 aliphatic rings. The van der Waals surface area contributed by atoms with Gasteiger partial charge in [0.25, 0.3) is 5.91 Å². The molecule has 9 heteroatoms. The van der Waals surface area contributed by atoms with E-state index >= 15 is 0 Å². The van der Waals surface area contributed by atoms with Gasteiger partial charge in [0.15, 0.2) is 0 Å². The van der Waals surface area contributed by atoms with E-state index in [9.17, 15) is 14.9 Å². The van der Waals surface area contributed by atoms with E-state index in [2.05, 4.69) is 15.5 Å². The number of aromatic nitrogens is 4. The normalized spacial score (nSPS) is 10.4. The molecule has 19 heavy (non-hydrogen) atoms. The largest absolute Gasteiger partial charge is 0.345 e. The summed E-state index contributed by atoms with van der Waals surface area (Å²) in [6.07, 6.45) is 2.80. The predicted octanol–water partition coefficient (Wildman–Crippen LogP) is -0.00820. The molecule has 0 spiro atoms. The lowest BCUT2D eigenvalue weighted by Gasteiger charge is -2.03. The molecule has 0 bridgehead atoms. The van der Waals surface area contributed by atoms with Crippen molar-refractivity contribution in [2.24, 2.45) is 14.1 Å². The Kier molecular flexibility index (Phi) is 3.27. The van der Waals surface area contributed by atoms with Gasteiger partial charge in [0.1, 0.15) is 6.20 Å². The highest BCUT2D eigenvalue weighted by atomic mass is 16.6. The molecule has 100 valence electrons. The van der Waals surface area contributed by atoms with Crippen LogP contribution in [0.5, 0.6) is 0 Å².